The molecule has 0 amide bonds. The molecular formula is C19H23F3N4O. The molecule has 0 N–H and O–H groups in total. The lowest BCUT2D eigenvalue weighted by atomic mass is 9.85. The van der Waals surface area contributed by atoms with Crippen molar-refractivity contribution in [1.82, 2.24) is 14.5 Å². The Kier molecular flexibility index (Phi) is 5.83. The van der Waals surface area contributed by atoms with Gasteiger partial charge in [0.15, 0.2) is 11.6 Å². The maximum absolute atomic E-state index is 13.2. The number of pyridine rings is 1. The van der Waals surface area contributed by atoms with Gasteiger partial charge in [0.05, 0.1) is 18.2 Å². The van der Waals surface area contributed by atoms with Crippen molar-refractivity contribution in [2.75, 3.05) is 7.11 Å². The van der Waals surface area contributed by atoms with Crippen LogP contribution in [0.2, 0.25) is 0 Å². The summed E-state index contributed by atoms with van der Waals surface area (Å²) in [5.74, 6) is 1.31. The van der Waals surface area contributed by atoms with E-state index in [4.69, 9.17) is 4.74 Å². The number of ether oxygens (including phenoxy) is 1. The first-order valence-electron chi connectivity index (χ1n) is 8.70. The van der Waals surface area contributed by atoms with E-state index in [1.54, 1.807) is 10.6 Å². The second-order valence-corrected chi connectivity index (χ2v) is 6.91. The lowest BCUT2D eigenvalue weighted by Crippen LogP contribution is -2.34. The topological polar surface area (TPSA) is 63.7 Å². The minimum atomic E-state index is -4.33. The van der Waals surface area contributed by atoms with Crippen molar-refractivity contribution in [2.24, 2.45) is 5.41 Å². The van der Waals surface area contributed by atoms with Gasteiger partial charge in [-0.25, -0.2) is 9.97 Å². The van der Waals surface area contributed by atoms with Gasteiger partial charge < -0.3 is 4.74 Å². The van der Waals surface area contributed by atoms with Crippen LogP contribution in [-0.4, -0.2) is 27.8 Å². The van der Waals surface area contributed by atoms with Gasteiger partial charge in [0.1, 0.15) is 17.6 Å². The van der Waals surface area contributed by atoms with Crippen LogP contribution in [0, 0.1) is 16.7 Å². The summed E-state index contributed by atoms with van der Waals surface area (Å²) in [7, 11) is 1.43. The number of alkyl halides is 3. The van der Waals surface area contributed by atoms with E-state index in [2.05, 4.69) is 16.0 Å². The second kappa shape index (κ2) is 7.59. The lowest BCUT2D eigenvalue weighted by Gasteiger charge is -2.27. The maximum atomic E-state index is 13.2. The van der Waals surface area contributed by atoms with Crippen LogP contribution in [0.1, 0.15) is 50.5 Å². The van der Waals surface area contributed by atoms with Gasteiger partial charge in [0.25, 0.3) is 0 Å². The highest BCUT2D eigenvalue weighted by molar-refractivity contribution is 5.48. The molecular weight excluding hydrogens is 357 g/mol. The summed E-state index contributed by atoms with van der Waals surface area (Å²) in [6.45, 7) is 6.12. The summed E-state index contributed by atoms with van der Waals surface area (Å²) in [6.07, 6.45) is -2.00. The smallest absolute Gasteiger partial charge is 0.394 e. The van der Waals surface area contributed by atoms with Gasteiger partial charge in [0, 0.05) is 12.6 Å². The third-order valence-electron chi connectivity index (χ3n) is 4.51. The second-order valence-electron chi connectivity index (χ2n) is 6.91. The van der Waals surface area contributed by atoms with E-state index < -0.39 is 11.6 Å². The number of nitriles is 1. The van der Waals surface area contributed by atoms with Crippen LogP contribution in [0.25, 0.3) is 5.82 Å². The third kappa shape index (κ3) is 3.92. The van der Waals surface area contributed by atoms with Crippen molar-refractivity contribution < 1.29 is 17.9 Å². The molecule has 0 atom stereocenters. The molecule has 0 bridgehead atoms. The maximum Gasteiger partial charge on any atom is 0.394 e. The number of hydrogen-bond acceptors (Lipinski definition) is 4. The molecule has 2 aromatic heterocycles. The predicted molar refractivity (Wildman–Crippen MR) is 94.9 cm³/mol. The molecule has 0 radical (unpaired) electrons. The zero-order valence-electron chi connectivity index (χ0n) is 16.1. The molecule has 0 aliphatic heterocycles. The molecule has 0 unspecified atom stereocenters. The minimum Gasteiger partial charge on any atom is -0.493 e. The van der Waals surface area contributed by atoms with Gasteiger partial charge in [-0.15, -0.1) is 0 Å². The highest BCUT2D eigenvalue weighted by Gasteiger charge is 2.47. The zero-order valence-corrected chi connectivity index (χ0v) is 16.1. The van der Waals surface area contributed by atoms with Crippen molar-refractivity contribution in [2.45, 2.75) is 53.1 Å². The number of hydrogen-bond donors (Lipinski definition) is 0. The highest BCUT2D eigenvalue weighted by Crippen LogP contribution is 2.40. The van der Waals surface area contributed by atoms with Crippen LogP contribution >= 0.6 is 0 Å². The summed E-state index contributed by atoms with van der Waals surface area (Å²) in [5, 5.41) is 9.56. The normalized spacial score (nSPS) is 12.1. The highest BCUT2D eigenvalue weighted by atomic mass is 19.4. The summed E-state index contributed by atoms with van der Waals surface area (Å²) >= 11 is 0. The van der Waals surface area contributed by atoms with E-state index >= 15 is 0 Å². The molecule has 0 aliphatic rings. The Morgan fingerprint density at radius 2 is 1.89 bits per heavy atom. The average Bonchev–Trinajstić information content (AvgIpc) is 2.97. The van der Waals surface area contributed by atoms with Crippen LogP contribution in [0.4, 0.5) is 13.2 Å². The average molecular weight is 380 g/mol. The summed E-state index contributed by atoms with van der Waals surface area (Å²) in [4.78, 5) is 8.81. The lowest BCUT2D eigenvalue weighted by molar-refractivity contribution is -0.211. The molecule has 27 heavy (non-hydrogen) atoms. The Bertz CT molecular complexity index is 863. The number of rotatable bonds is 6. The van der Waals surface area contributed by atoms with Gasteiger partial charge in [-0.3, -0.25) is 4.57 Å². The number of nitrogens with zero attached hydrogens (tertiary/aromatic N) is 4. The van der Waals surface area contributed by atoms with Crippen molar-refractivity contribution in [3.8, 4) is 17.6 Å². The molecule has 2 aromatic rings. The van der Waals surface area contributed by atoms with Crippen molar-refractivity contribution in [1.29, 1.82) is 5.26 Å². The largest absolute Gasteiger partial charge is 0.493 e. The first kappa shape index (κ1) is 20.7. The van der Waals surface area contributed by atoms with E-state index in [0.717, 1.165) is 13.8 Å². The van der Waals surface area contributed by atoms with Crippen molar-refractivity contribution in [3.63, 3.8) is 0 Å². The Labute approximate surface area is 156 Å². The standard InChI is InChI=1S/C19H23F3N4O/c1-6-13-14(10-23)26(16(7-2)25-13)17-15(27-5)8-12(11-24-17)9-18(3,4)19(20,21)22/h8,11H,6-7,9H2,1-5H3. The number of halogens is 3. The molecule has 5 nitrogen and oxygen atoms in total. The van der Waals surface area contributed by atoms with Crippen LogP contribution in [-0.2, 0) is 19.3 Å². The fourth-order valence-corrected chi connectivity index (χ4v) is 2.85. The zero-order chi connectivity index (χ0) is 20.4. The minimum absolute atomic E-state index is 0.226. The van der Waals surface area contributed by atoms with Crippen LogP contribution < -0.4 is 4.74 Å². The Balaban J connectivity index is 2.56. The Morgan fingerprint density at radius 1 is 1.22 bits per heavy atom. The monoisotopic (exact) mass is 380 g/mol. The third-order valence-corrected chi connectivity index (χ3v) is 4.51. The van der Waals surface area contributed by atoms with Gasteiger partial charge in [-0.05, 0) is 24.5 Å². The molecule has 0 aliphatic carbocycles. The van der Waals surface area contributed by atoms with E-state index in [-0.39, 0.29) is 6.42 Å². The molecule has 0 aromatic carbocycles. The molecule has 2 heterocycles. The van der Waals surface area contributed by atoms with E-state index in [1.807, 2.05) is 13.8 Å². The number of methoxy groups -OCH3 is 1. The van der Waals surface area contributed by atoms with Gasteiger partial charge in [-0.2, -0.15) is 18.4 Å². The van der Waals surface area contributed by atoms with E-state index in [9.17, 15) is 18.4 Å². The van der Waals surface area contributed by atoms with Crippen LogP contribution in [0.15, 0.2) is 12.3 Å². The molecule has 0 fully saturated rings. The van der Waals surface area contributed by atoms with Crippen molar-refractivity contribution >= 4 is 0 Å². The van der Waals surface area contributed by atoms with Crippen molar-refractivity contribution in [3.05, 3.63) is 35.0 Å². The fraction of sp³-hybridized carbons (Fsp3) is 0.526. The van der Waals surface area contributed by atoms with E-state index in [1.165, 1.54) is 13.3 Å². The number of aromatic nitrogens is 3. The number of imidazole rings is 1. The Hall–Kier alpha value is -2.56. The van der Waals surface area contributed by atoms with Gasteiger partial charge in [0.2, 0.25) is 0 Å². The molecule has 2 rings (SSSR count). The molecule has 0 saturated carbocycles. The predicted octanol–water partition coefficient (Wildman–Crippen LogP) is 4.40. The van der Waals surface area contributed by atoms with Crippen LogP contribution in [0.3, 0.4) is 0 Å². The summed E-state index contributed by atoms with van der Waals surface area (Å²) < 4.78 is 46.6. The molecule has 0 spiro atoms. The molecule has 8 heteroatoms. The van der Waals surface area contributed by atoms with E-state index in [0.29, 0.717) is 47.2 Å². The summed E-state index contributed by atoms with van der Waals surface area (Å²) in [6, 6.07) is 3.69. The van der Waals surface area contributed by atoms with Gasteiger partial charge >= 0.3 is 6.18 Å². The first-order valence-corrected chi connectivity index (χ1v) is 8.70. The number of aryl methyl sites for hydroxylation is 2. The Morgan fingerprint density at radius 3 is 2.37 bits per heavy atom. The van der Waals surface area contributed by atoms with Gasteiger partial charge in [-0.1, -0.05) is 27.7 Å². The first-order chi connectivity index (χ1) is 12.6. The molecule has 0 saturated heterocycles. The van der Waals surface area contributed by atoms with Crippen LogP contribution in [0.5, 0.6) is 5.75 Å². The quantitative estimate of drug-likeness (QED) is 0.745. The molecule has 146 valence electrons. The SMILES string of the molecule is CCc1nc(CC)n(-c2ncc(CC(C)(C)C(F)(F)F)cc2OC)c1C#N. The summed E-state index contributed by atoms with van der Waals surface area (Å²) in [5.41, 5.74) is -0.466. The fourth-order valence-electron chi connectivity index (χ4n) is 2.85.